The van der Waals surface area contributed by atoms with Crippen LogP contribution in [0.3, 0.4) is 0 Å². The summed E-state index contributed by atoms with van der Waals surface area (Å²) in [7, 11) is 0. The SMILES string of the molecule is O=c1sc(/C=C2\N=Nc3cc(Cl)c(-c4ccc(N5CCNCC5)cc4)cc32)c(O)n1C1CCCC1. The molecule has 9 heteroatoms. The van der Waals surface area contributed by atoms with E-state index in [2.05, 4.69) is 44.7 Å². The van der Waals surface area contributed by atoms with Gasteiger partial charge in [0.1, 0.15) is 0 Å². The first-order valence-corrected chi connectivity index (χ1v) is 13.3. The van der Waals surface area contributed by atoms with Crippen molar-refractivity contribution in [2.45, 2.75) is 31.7 Å². The van der Waals surface area contributed by atoms with E-state index in [0.717, 1.165) is 79.9 Å². The molecule has 3 aromatic rings. The maximum atomic E-state index is 12.6. The Bertz CT molecular complexity index is 1380. The van der Waals surface area contributed by atoms with E-state index in [1.807, 2.05) is 12.1 Å². The second-order valence-corrected chi connectivity index (χ2v) is 10.6. The number of nitrogens with one attached hydrogen (secondary N) is 1. The fourth-order valence-corrected chi connectivity index (χ4v) is 6.36. The third kappa shape index (κ3) is 4.20. The lowest BCUT2D eigenvalue weighted by molar-refractivity contribution is 0.377. The lowest BCUT2D eigenvalue weighted by Gasteiger charge is -2.29. The number of hydrogen-bond acceptors (Lipinski definition) is 7. The zero-order chi connectivity index (χ0) is 23.9. The number of nitrogens with zero attached hydrogens (tertiary/aromatic N) is 4. The Morgan fingerprint density at radius 3 is 2.54 bits per heavy atom. The van der Waals surface area contributed by atoms with E-state index >= 15 is 0 Å². The van der Waals surface area contributed by atoms with E-state index in [1.54, 1.807) is 10.6 Å². The zero-order valence-electron chi connectivity index (χ0n) is 19.2. The van der Waals surface area contributed by atoms with Crippen molar-refractivity contribution in [2.75, 3.05) is 31.1 Å². The van der Waals surface area contributed by atoms with Crippen molar-refractivity contribution in [3.63, 3.8) is 0 Å². The molecule has 1 saturated heterocycles. The minimum atomic E-state index is -0.127. The number of rotatable bonds is 4. The molecule has 0 atom stereocenters. The van der Waals surface area contributed by atoms with Crippen LogP contribution in [0.15, 0.2) is 51.4 Å². The van der Waals surface area contributed by atoms with Crippen LogP contribution in [0.2, 0.25) is 5.02 Å². The van der Waals surface area contributed by atoms with Crippen molar-refractivity contribution >= 4 is 46.1 Å². The summed E-state index contributed by atoms with van der Waals surface area (Å²) >= 11 is 7.69. The predicted octanol–water partition coefficient (Wildman–Crippen LogP) is 6.06. The molecule has 7 nitrogen and oxygen atoms in total. The molecule has 3 heterocycles. The van der Waals surface area contributed by atoms with Crippen LogP contribution in [0.5, 0.6) is 5.88 Å². The molecule has 0 spiro atoms. The minimum Gasteiger partial charge on any atom is -0.493 e. The molecule has 2 fully saturated rings. The van der Waals surface area contributed by atoms with Crippen molar-refractivity contribution in [3.8, 4) is 17.0 Å². The van der Waals surface area contributed by atoms with Gasteiger partial charge >= 0.3 is 4.87 Å². The summed E-state index contributed by atoms with van der Waals surface area (Å²) in [5, 5.41) is 23.4. The lowest BCUT2D eigenvalue weighted by atomic mass is 10.00. The maximum Gasteiger partial charge on any atom is 0.310 e. The molecule has 0 unspecified atom stereocenters. The molecule has 1 aromatic heterocycles. The second-order valence-electron chi connectivity index (χ2n) is 9.23. The summed E-state index contributed by atoms with van der Waals surface area (Å²) in [6.07, 6.45) is 5.79. The van der Waals surface area contributed by atoms with Crippen molar-refractivity contribution < 1.29 is 5.11 Å². The van der Waals surface area contributed by atoms with Crippen LogP contribution >= 0.6 is 22.9 Å². The zero-order valence-corrected chi connectivity index (χ0v) is 20.8. The Labute approximate surface area is 212 Å². The molecule has 6 rings (SSSR count). The highest BCUT2D eigenvalue weighted by molar-refractivity contribution is 7.10. The van der Waals surface area contributed by atoms with Crippen LogP contribution in [-0.4, -0.2) is 35.9 Å². The third-order valence-electron chi connectivity index (χ3n) is 7.09. The van der Waals surface area contributed by atoms with E-state index in [1.165, 1.54) is 5.69 Å². The van der Waals surface area contributed by atoms with E-state index in [0.29, 0.717) is 21.3 Å². The van der Waals surface area contributed by atoms with Crippen LogP contribution in [0.25, 0.3) is 22.9 Å². The molecule has 0 radical (unpaired) electrons. The summed E-state index contributed by atoms with van der Waals surface area (Å²) in [6.45, 7) is 3.98. The van der Waals surface area contributed by atoms with Crippen LogP contribution in [-0.2, 0) is 0 Å². The highest BCUT2D eigenvalue weighted by Crippen LogP contribution is 2.44. The first kappa shape index (κ1) is 22.5. The Hall–Kier alpha value is -2.94. The molecule has 2 N–H and O–H groups in total. The van der Waals surface area contributed by atoms with Gasteiger partial charge in [-0.15, -0.1) is 10.2 Å². The van der Waals surface area contributed by atoms with Crippen molar-refractivity contribution in [1.82, 2.24) is 9.88 Å². The predicted molar refractivity (Wildman–Crippen MR) is 142 cm³/mol. The van der Waals surface area contributed by atoms with Crippen molar-refractivity contribution in [3.05, 3.63) is 61.5 Å². The number of thiazole rings is 1. The number of anilines is 1. The average molecular weight is 508 g/mol. The Morgan fingerprint density at radius 2 is 1.80 bits per heavy atom. The molecular formula is C26H26ClN5O2S. The van der Waals surface area contributed by atoms with Crippen LogP contribution in [0.4, 0.5) is 11.4 Å². The van der Waals surface area contributed by atoms with Gasteiger partial charge in [0.2, 0.25) is 5.88 Å². The number of piperazine rings is 1. The molecular weight excluding hydrogens is 482 g/mol. The third-order valence-corrected chi connectivity index (χ3v) is 8.29. The summed E-state index contributed by atoms with van der Waals surface area (Å²) < 4.78 is 1.55. The highest BCUT2D eigenvalue weighted by Gasteiger charge is 2.25. The van der Waals surface area contributed by atoms with Crippen LogP contribution in [0.1, 0.15) is 42.2 Å². The molecule has 1 aliphatic carbocycles. The van der Waals surface area contributed by atoms with Crippen molar-refractivity contribution in [2.24, 2.45) is 10.2 Å². The topological polar surface area (TPSA) is 82.2 Å². The van der Waals surface area contributed by atoms with Gasteiger partial charge in [-0.25, -0.2) is 0 Å². The van der Waals surface area contributed by atoms with Crippen molar-refractivity contribution in [1.29, 1.82) is 0 Å². The highest BCUT2D eigenvalue weighted by atomic mass is 35.5. The fraction of sp³-hybridized carbons (Fsp3) is 0.346. The normalized spacial score (nSPS) is 19.1. The Balaban J connectivity index is 1.32. The van der Waals surface area contributed by atoms with Gasteiger partial charge in [-0.3, -0.25) is 9.36 Å². The number of halogens is 1. The summed E-state index contributed by atoms with van der Waals surface area (Å²) in [4.78, 5) is 15.4. The molecule has 35 heavy (non-hydrogen) atoms. The molecule has 2 aliphatic heterocycles. The Kier molecular flexibility index (Phi) is 5.96. The summed E-state index contributed by atoms with van der Waals surface area (Å²) in [5.41, 5.74) is 5.26. The van der Waals surface area contributed by atoms with Gasteiger partial charge in [0.05, 0.1) is 21.3 Å². The van der Waals surface area contributed by atoms with Gasteiger partial charge in [-0.1, -0.05) is 47.9 Å². The Morgan fingerprint density at radius 1 is 1.06 bits per heavy atom. The number of benzene rings is 2. The van der Waals surface area contributed by atoms with Gasteiger partial charge in [-0.05, 0) is 48.7 Å². The number of fused-ring (bicyclic) bond motifs is 1. The van der Waals surface area contributed by atoms with E-state index in [-0.39, 0.29) is 16.8 Å². The van der Waals surface area contributed by atoms with Crippen LogP contribution in [0, 0.1) is 0 Å². The van der Waals surface area contributed by atoms with E-state index in [9.17, 15) is 9.90 Å². The largest absolute Gasteiger partial charge is 0.493 e. The first-order chi connectivity index (χ1) is 17.1. The van der Waals surface area contributed by atoms with E-state index < -0.39 is 0 Å². The lowest BCUT2D eigenvalue weighted by Crippen LogP contribution is -2.43. The molecule has 0 amide bonds. The molecule has 0 bridgehead atoms. The molecule has 2 aromatic carbocycles. The molecule has 3 aliphatic rings. The molecule has 180 valence electrons. The number of aromatic nitrogens is 1. The maximum absolute atomic E-state index is 12.6. The fourth-order valence-electron chi connectivity index (χ4n) is 5.21. The number of aromatic hydroxyl groups is 1. The number of hydrogen-bond donors (Lipinski definition) is 2. The van der Waals surface area contributed by atoms with Crippen LogP contribution < -0.4 is 15.1 Å². The molecule has 1 saturated carbocycles. The standard InChI is InChI=1S/C26H26ClN5O2S/c27-21-14-22-20(13-19(21)16-5-7-17(8-6-16)31-11-9-28-10-12-31)23(30-29-22)15-24-25(33)32(26(34)35-24)18-3-1-2-4-18/h5-8,13-15,18,28,33H,1-4,9-12H2/b23-15-. The van der Waals surface area contributed by atoms with Gasteiger partial charge in [0.15, 0.2) is 0 Å². The van der Waals surface area contributed by atoms with Gasteiger partial charge in [0, 0.05) is 49.0 Å². The quantitative estimate of drug-likeness (QED) is 0.450. The first-order valence-electron chi connectivity index (χ1n) is 12.1. The summed E-state index contributed by atoms with van der Waals surface area (Å²) in [5.74, 6) is 0.0285. The average Bonchev–Trinajstić information content (AvgIpc) is 3.60. The number of azo groups is 1. The van der Waals surface area contributed by atoms with Gasteiger partial charge in [-0.2, -0.15) is 0 Å². The monoisotopic (exact) mass is 507 g/mol. The smallest absolute Gasteiger partial charge is 0.310 e. The minimum absolute atomic E-state index is 0.0285. The summed E-state index contributed by atoms with van der Waals surface area (Å²) in [6, 6.07) is 12.4. The van der Waals surface area contributed by atoms with Gasteiger partial charge in [0.25, 0.3) is 0 Å². The van der Waals surface area contributed by atoms with E-state index in [4.69, 9.17) is 11.6 Å². The second kappa shape index (κ2) is 9.26. The van der Waals surface area contributed by atoms with Gasteiger partial charge < -0.3 is 15.3 Å².